The Bertz CT molecular complexity index is 2380. The van der Waals surface area contributed by atoms with Gasteiger partial charge in [0.1, 0.15) is 11.2 Å². The van der Waals surface area contributed by atoms with Gasteiger partial charge in [0.15, 0.2) is 17.5 Å². The van der Waals surface area contributed by atoms with E-state index < -0.39 is 0 Å². The van der Waals surface area contributed by atoms with Crippen molar-refractivity contribution in [3.05, 3.63) is 174 Å². The van der Waals surface area contributed by atoms with Crippen molar-refractivity contribution in [3.63, 3.8) is 0 Å². The van der Waals surface area contributed by atoms with Crippen molar-refractivity contribution in [2.24, 2.45) is 0 Å². The second-order valence-electron chi connectivity index (χ2n) is 12.2. The summed E-state index contributed by atoms with van der Waals surface area (Å²) in [6.07, 6.45) is 11.6. The summed E-state index contributed by atoms with van der Waals surface area (Å²) in [6.45, 7) is 0. The van der Waals surface area contributed by atoms with E-state index >= 15 is 0 Å². The monoisotopic (exact) mass is 605 g/mol. The van der Waals surface area contributed by atoms with Crippen LogP contribution >= 0.6 is 0 Å². The summed E-state index contributed by atoms with van der Waals surface area (Å²) in [5.74, 6) is 2.34. The zero-order valence-electron chi connectivity index (χ0n) is 25.8. The molecular weight excluding hydrogens is 574 g/mol. The smallest absolute Gasteiger partial charge is 0.164 e. The molecule has 4 nitrogen and oxygen atoms in total. The molecule has 1 unspecified atom stereocenters. The number of hydrogen-bond donors (Lipinski definition) is 0. The molecule has 0 aliphatic heterocycles. The Morgan fingerprint density at radius 3 is 2.21 bits per heavy atom. The summed E-state index contributed by atoms with van der Waals surface area (Å²) in [7, 11) is 0. The molecule has 0 bridgehead atoms. The lowest BCUT2D eigenvalue weighted by Gasteiger charge is -2.26. The third-order valence-electron chi connectivity index (χ3n) is 9.38. The molecule has 4 heteroatoms. The van der Waals surface area contributed by atoms with Crippen LogP contribution in [0.15, 0.2) is 150 Å². The van der Waals surface area contributed by atoms with Crippen LogP contribution in [0.1, 0.15) is 53.3 Å². The number of fused-ring (bicyclic) bond motifs is 4. The van der Waals surface area contributed by atoms with Crippen LogP contribution in [0, 0.1) is 0 Å². The van der Waals surface area contributed by atoms with Gasteiger partial charge in [-0.1, -0.05) is 127 Å². The first-order chi connectivity index (χ1) is 23.3. The van der Waals surface area contributed by atoms with Gasteiger partial charge in [0.2, 0.25) is 0 Å². The average molecular weight is 606 g/mol. The molecule has 2 aliphatic rings. The van der Waals surface area contributed by atoms with Crippen molar-refractivity contribution in [1.29, 1.82) is 0 Å². The van der Waals surface area contributed by atoms with E-state index in [1.165, 1.54) is 22.3 Å². The number of furan rings is 1. The van der Waals surface area contributed by atoms with E-state index in [0.29, 0.717) is 17.6 Å². The molecule has 224 valence electrons. The third-order valence-corrected chi connectivity index (χ3v) is 9.38. The van der Waals surface area contributed by atoms with Crippen molar-refractivity contribution in [2.45, 2.75) is 25.2 Å². The zero-order valence-corrected chi connectivity index (χ0v) is 25.8. The first kappa shape index (κ1) is 27.4. The molecule has 0 amide bonds. The van der Waals surface area contributed by atoms with Crippen LogP contribution in [0.3, 0.4) is 0 Å². The first-order valence-electron chi connectivity index (χ1n) is 16.3. The number of rotatable bonds is 5. The van der Waals surface area contributed by atoms with Gasteiger partial charge in [0.05, 0.1) is 0 Å². The van der Waals surface area contributed by atoms with Crippen LogP contribution < -0.4 is 0 Å². The summed E-state index contributed by atoms with van der Waals surface area (Å²) in [5, 5.41) is 2.07. The molecule has 47 heavy (non-hydrogen) atoms. The number of aromatic nitrogens is 3. The van der Waals surface area contributed by atoms with Gasteiger partial charge in [-0.25, -0.2) is 15.0 Å². The second-order valence-corrected chi connectivity index (χ2v) is 12.2. The highest BCUT2D eigenvalue weighted by Crippen LogP contribution is 2.44. The van der Waals surface area contributed by atoms with Crippen molar-refractivity contribution in [1.82, 2.24) is 15.0 Å². The number of allylic oxidation sites excluding steroid dienone is 5. The predicted molar refractivity (Wildman–Crippen MR) is 191 cm³/mol. The highest BCUT2D eigenvalue weighted by atomic mass is 16.3. The molecule has 0 radical (unpaired) electrons. The van der Waals surface area contributed by atoms with Crippen molar-refractivity contribution < 1.29 is 4.42 Å². The number of hydrogen-bond acceptors (Lipinski definition) is 4. The van der Waals surface area contributed by atoms with Crippen LogP contribution in [0.5, 0.6) is 0 Å². The van der Waals surface area contributed by atoms with E-state index in [1.807, 2.05) is 30.3 Å². The largest absolute Gasteiger partial charge is 0.456 e. The Labute approximate surface area is 273 Å². The van der Waals surface area contributed by atoms with Gasteiger partial charge in [0.25, 0.3) is 0 Å². The molecule has 5 aromatic carbocycles. The molecule has 9 rings (SSSR count). The van der Waals surface area contributed by atoms with Crippen LogP contribution in [0.25, 0.3) is 55.9 Å². The summed E-state index contributed by atoms with van der Waals surface area (Å²) in [4.78, 5) is 15.3. The van der Waals surface area contributed by atoms with Crippen molar-refractivity contribution in [2.75, 3.05) is 0 Å². The van der Waals surface area contributed by atoms with Gasteiger partial charge in [-0.2, -0.15) is 0 Å². The Balaban J connectivity index is 1.28. The van der Waals surface area contributed by atoms with Crippen molar-refractivity contribution >= 4 is 33.1 Å². The van der Waals surface area contributed by atoms with E-state index in [4.69, 9.17) is 19.4 Å². The minimum absolute atomic E-state index is 0.308. The third kappa shape index (κ3) is 4.90. The van der Waals surface area contributed by atoms with Crippen LogP contribution in [-0.4, -0.2) is 15.0 Å². The number of benzene rings is 5. The summed E-state index contributed by atoms with van der Waals surface area (Å²) < 4.78 is 6.57. The van der Waals surface area contributed by atoms with E-state index in [2.05, 4.69) is 115 Å². The molecule has 2 aromatic heterocycles. The van der Waals surface area contributed by atoms with Crippen LogP contribution in [0.4, 0.5) is 0 Å². The number of nitrogens with zero attached hydrogens (tertiary/aromatic N) is 3. The fourth-order valence-electron chi connectivity index (χ4n) is 7.12. The maximum Gasteiger partial charge on any atom is 0.164 e. The molecule has 0 saturated heterocycles. The van der Waals surface area contributed by atoms with Crippen LogP contribution in [-0.2, 0) is 0 Å². The maximum absolute atomic E-state index is 6.57. The Hall–Kier alpha value is -5.87. The van der Waals surface area contributed by atoms with Gasteiger partial charge in [-0.15, -0.1) is 0 Å². The fourth-order valence-corrected chi connectivity index (χ4v) is 7.12. The Kier molecular flexibility index (Phi) is 6.71. The van der Waals surface area contributed by atoms with Crippen molar-refractivity contribution in [3.8, 4) is 22.8 Å². The minimum Gasteiger partial charge on any atom is -0.456 e. The quantitative estimate of drug-likeness (QED) is 0.196. The minimum atomic E-state index is 0.308. The lowest BCUT2D eigenvalue weighted by Crippen LogP contribution is -2.09. The van der Waals surface area contributed by atoms with E-state index in [9.17, 15) is 0 Å². The highest BCUT2D eigenvalue weighted by Gasteiger charge is 2.26. The Morgan fingerprint density at radius 2 is 1.36 bits per heavy atom. The molecule has 0 spiro atoms. The molecule has 0 fully saturated rings. The van der Waals surface area contributed by atoms with E-state index in [0.717, 1.165) is 69.3 Å². The molecule has 2 heterocycles. The van der Waals surface area contributed by atoms with Gasteiger partial charge >= 0.3 is 0 Å². The molecule has 7 aromatic rings. The van der Waals surface area contributed by atoms with Gasteiger partial charge < -0.3 is 4.42 Å². The molecular formula is C43H31N3O. The fraction of sp³-hybridized carbons (Fsp3) is 0.0930. The van der Waals surface area contributed by atoms with Gasteiger partial charge in [0, 0.05) is 27.8 Å². The molecule has 0 N–H and O–H groups in total. The summed E-state index contributed by atoms with van der Waals surface area (Å²) in [6, 6.07) is 42.5. The lowest BCUT2D eigenvalue weighted by atomic mass is 9.77. The lowest BCUT2D eigenvalue weighted by molar-refractivity contribution is 0.669. The van der Waals surface area contributed by atoms with Gasteiger partial charge in [-0.05, 0) is 70.9 Å². The predicted octanol–water partition coefficient (Wildman–Crippen LogP) is 10.8. The normalized spacial score (nSPS) is 15.8. The Morgan fingerprint density at radius 1 is 0.617 bits per heavy atom. The molecule has 1 atom stereocenters. The summed E-state index contributed by atoms with van der Waals surface area (Å²) >= 11 is 0. The first-order valence-corrected chi connectivity index (χ1v) is 16.3. The highest BCUT2D eigenvalue weighted by molar-refractivity contribution is 6.13. The van der Waals surface area contributed by atoms with E-state index in [-0.39, 0.29) is 0 Å². The zero-order chi connectivity index (χ0) is 31.2. The number of para-hydroxylation sites is 1. The average Bonchev–Trinajstić information content (AvgIpc) is 3.53. The summed E-state index contributed by atoms with van der Waals surface area (Å²) in [5.41, 5.74) is 10.9. The van der Waals surface area contributed by atoms with Gasteiger partial charge in [-0.3, -0.25) is 0 Å². The topological polar surface area (TPSA) is 51.8 Å². The molecule has 2 aliphatic carbocycles. The maximum atomic E-state index is 6.57. The second kappa shape index (κ2) is 11.5. The molecule has 0 saturated carbocycles. The van der Waals surface area contributed by atoms with E-state index in [1.54, 1.807) is 0 Å². The SMILES string of the molecule is C1=CCCC(c2nc(-c3ccccc3)nc(-c3cc(C4=CCC(c5ccccc5)c5ccccc54)cc4oc5ccccc5c34)n2)=C1. The van der Waals surface area contributed by atoms with Crippen LogP contribution in [0.2, 0.25) is 0 Å². The standard InChI is InChI=1S/C43H31N3O/c1-4-14-28(15-5-1)32-24-25-33(35-21-11-10-20-34(32)35)31-26-37(40-36-22-12-13-23-38(36)47-39(40)27-31)43-45-41(29-16-6-2-7-17-29)44-42(46-43)30-18-8-3-9-19-30/h1-8,10-18,20-23,25-27,32H,9,19,24H2.